The van der Waals surface area contributed by atoms with Crippen LogP contribution in [0.4, 0.5) is 0 Å². The van der Waals surface area contributed by atoms with Gasteiger partial charge in [0.05, 0.1) is 0 Å². The fourth-order valence-corrected chi connectivity index (χ4v) is 4.04. The first-order valence-corrected chi connectivity index (χ1v) is 11.4. The Hall–Kier alpha value is -2.92. The smallest absolute Gasteiger partial charge is 0.313 e. The molecule has 0 aliphatic rings. The molecule has 2 aromatic carbocycles. The molecule has 0 bridgehead atoms. The first kappa shape index (κ1) is 23.7. The van der Waals surface area contributed by atoms with Crippen molar-refractivity contribution in [3.8, 4) is 5.75 Å². The highest BCUT2D eigenvalue weighted by atomic mass is 35.5. The molecule has 0 spiro atoms. The molecule has 32 heavy (non-hydrogen) atoms. The highest BCUT2D eigenvalue weighted by Crippen LogP contribution is 2.28. The van der Waals surface area contributed by atoms with Crippen LogP contribution in [0.5, 0.6) is 5.75 Å². The number of primary amides is 1. The van der Waals surface area contributed by atoms with Crippen LogP contribution in [-0.4, -0.2) is 35.0 Å². The summed E-state index contributed by atoms with van der Waals surface area (Å²) in [5, 5.41) is 0.0299. The molecular formula is C21H23ClN4O5S. The number of imidazole rings is 1. The molecule has 2 atom stereocenters. The fourth-order valence-electron chi connectivity index (χ4n) is 3.32. The molecule has 0 aliphatic heterocycles. The van der Waals surface area contributed by atoms with Gasteiger partial charge in [-0.2, -0.15) is 8.42 Å². The third-order valence-corrected chi connectivity index (χ3v) is 5.85. The second-order valence-electron chi connectivity index (χ2n) is 7.26. The van der Waals surface area contributed by atoms with Gasteiger partial charge in [-0.25, -0.2) is 4.98 Å². The van der Waals surface area contributed by atoms with Gasteiger partial charge in [-0.1, -0.05) is 35.9 Å². The number of carbonyl (C=O) groups is 1. The number of aryl methyl sites for hydroxylation is 1. The number of carbonyl (C=O) groups excluding carboxylic acids is 1. The van der Waals surface area contributed by atoms with E-state index in [4.69, 9.17) is 27.8 Å². The first-order valence-electron chi connectivity index (χ1n) is 9.59. The standard InChI is InChI=1S/C21H23ClN4O5S/c1-26-12-18(32(28,29)30)25-21(26)19(20(24)27)31-17-7-3-5-14(10-17)15(11-23)8-13-4-2-6-16(22)9-13/h2-7,9-10,12,15,19H,8,11,23H2,1H3,(H2,24,27)(H,28,29,30). The minimum atomic E-state index is -4.55. The van der Waals surface area contributed by atoms with Crippen molar-refractivity contribution in [2.45, 2.75) is 23.5 Å². The molecule has 0 saturated carbocycles. The zero-order chi connectivity index (χ0) is 23.5. The van der Waals surface area contributed by atoms with E-state index in [1.165, 1.54) is 11.6 Å². The van der Waals surface area contributed by atoms with Crippen LogP contribution >= 0.6 is 11.6 Å². The van der Waals surface area contributed by atoms with Gasteiger partial charge in [-0.05, 0) is 48.4 Å². The maximum absolute atomic E-state index is 12.1. The van der Waals surface area contributed by atoms with Crippen molar-refractivity contribution in [2.75, 3.05) is 6.54 Å². The number of amides is 1. The normalized spacial score (nSPS) is 13.5. The highest BCUT2D eigenvalue weighted by Gasteiger charge is 2.28. The molecule has 0 aliphatic carbocycles. The Morgan fingerprint density at radius 1 is 1.25 bits per heavy atom. The highest BCUT2D eigenvalue weighted by molar-refractivity contribution is 7.85. The minimum absolute atomic E-state index is 0.0386. The van der Waals surface area contributed by atoms with Gasteiger partial charge in [0, 0.05) is 24.2 Å². The molecular weight excluding hydrogens is 456 g/mol. The van der Waals surface area contributed by atoms with Gasteiger partial charge in [-0.15, -0.1) is 0 Å². The number of nitrogens with two attached hydrogens (primary N) is 2. The van der Waals surface area contributed by atoms with E-state index in [1.54, 1.807) is 24.3 Å². The molecule has 9 nitrogen and oxygen atoms in total. The van der Waals surface area contributed by atoms with E-state index in [1.807, 2.05) is 24.3 Å². The summed E-state index contributed by atoms with van der Waals surface area (Å²) in [7, 11) is -3.09. The Morgan fingerprint density at radius 3 is 2.56 bits per heavy atom. The van der Waals surface area contributed by atoms with Crippen molar-refractivity contribution in [3.63, 3.8) is 0 Å². The molecule has 1 heterocycles. The largest absolute Gasteiger partial charge is 0.473 e. The molecule has 170 valence electrons. The number of aromatic nitrogens is 2. The van der Waals surface area contributed by atoms with Gasteiger partial charge in [-0.3, -0.25) is 9.35 Å². The summed E-state index contributed by atoms with van der Waals surface area (Å²) in [4.78, 5) is 15.9. The number of benzene rings is 2. The zero-order valence-electron chi connectivity index (χ0n) is 17.2. The molecule has 3 rings (SSSR count). The Bertz CT molecular complexity index is 1230. The number of halogens is 1. The van der Waals surface area contributed by atoms with Crippen LogP contribution in [0.2, 0.25) is 5.02 Å². The Morgan fingerprint density at radius 2 is 1.97 bits per heavy atom. The number of rotatable bonds is 9. The first-order chi connectivity index (χ1) is 15.1. The second kappa shape index (κ2) is 9.70. The Kier molecular flexibility index (Phi) is 7.19. The predicted molar refractivity (Wildman–Crippen MR) is 119 cm³/mol. The summed E-state index contributed by atoms with van der Waals surface area (Å²) < 4.78 is 39.0. The third kappa shape index (κ3) is 5.65. The van der Waals surface area contributed by atoms with E-state index in [0.717, 1.165) is 17.3 Å². The van der Waals surface area contributed by atoms with Crippen molar-refractivity contribution in [2.24, 2.45) is 18.5 Å². The van der Waals surface area contributed by atoms with Crippen LogP contribution in [0.3, 0.4) is 0 Å². The molecule has 3 aromatic rings. The van der Waals surface area contributed by atoms with Crippen LogP contribution in [0.15, 0.2) is 59.8 Å². The lowest BCUT2D eigenvalue weighted by Crippen LogP contribution is -2.28. The summed E-state index contributed by atoms with van der Waals surface area (Å²) >= 11 is 6.07. The van der Waals surface area contributed by atoms with Gasteiger partial charge < -0.3 is 20.8 Å². The lowest BCUT2D eigenvalue weighted by molar-refractivity contribution is -0.125. The quantitative estimate of drug-likeness (QED) is 0.399. The lowest BCUT2D eigenvalue weighted by atomic mass is 9.92. The fraction of sp³-hybridized carbons (Fsp3) is 0.238. The van der Waals surface area contributed by atoms with Gasteiger partial charge >= 0.3 is 10.1 Å². The van der Waals surface area contributed by atoms with Gasteiger partial charge in [0.25, 0.3) is 5.91 Å². The Balaban J connectivity index is 1.87. The molecule has 5 N–H and O–H groups in total. The van der Waals surface area contributed by atoms with E-state index in [0.29, 0.717) is 23.7 Å². The summed E-state index contributed by atoms with van der Waals surface area (Å²) in [6.45, 7) is 0.367. The van der Waals surface area contributed by atoms with Crippen LogP contribution < -0.4 is 16.2 Å². The summed E-state index contributed by atoms with van der Waals surface area (Å²) in [6, 6.07) is 14.5. The van der Waals surface area contributed by atoms with E-state index >= 15 is 0 Å². The summed E-state index contributed by atoms with van der Waals surface area (Å²) in [5.74, 6) is -0.652. The summed E-state index contributed by atoms with van der Waals surface area (Å²) in [6.07, 6.45) is 0.335. The SMILES string of the molecule is Cn1cc(S(=O)(=O)O)nc1C(Oc1cccc(C(CN)Cc2cccc(Cl)c2)c1)C(N)=O. The maximum atomic E-state index is 12.1. The van der Waals surface area contributed by atoms with Crippen molar-refractivity contribution in [1.82, 2.24) is 9.55 Å². The van der Waals surface area contributed by atoms with E-state index in [9.17, 15) is 17.8 Å². The average molecular weight is 479 g/mol. The van der Waals surface area contributed by atoms with E-state index in [-0.39, 0.29) is 11.7 Å². The Labute approximate surface area is 190 Å². The molecule has 0 fully saturated rings. The second-order valence-corrected chi connectivity index (χ2v) is 9.07. The topological polar surface area (TPSA) is 151 Å². The van der Waals surface area contributed by atoms with Gasteiger partial charge in [0.2, 0.25) is 11.1 Å². The zero-order valence-corrected chi connectivity index (χ0v) is 18.8. The van der Waals surface area contributed by atoms with Crippen LogP contribution in [0, 0.1) is 0 Å². The number of ether oxygens (including phenoxy) is 1. The van der Waals surface area contributed by atoms with Crippen LogP contribution in [0.1, 0.15) is 29.0 Å². The molecule has 1 aromatic heterocycles. The van der Waals surface area contributed by atoms with Crippen molar-refractivity contribution >= 4 is 27.6 Å². The molecule has 2 unspecified atom stereocenters. The molecule has 0 saturated heterocycles. The maximum Gasteiger partial charge on any atom is 0.313 e. The number of nitrogens with zero attached hydrogens (tertiary/aromatic N) is 2. The average Bonchev–Trinajstić information content (AvgIpc) is 3.12. The summed E-state index contributed by atoms with van der Waals surface area (Å²) in [5.41, 5.74) is 13.4. The monoisotopic (exact) mass is 478 g/mol. The molecule has 11 heteroatoms. The number of hydrogen-bond acceptors (Lipinski definition) is 6. The molecule has 1 amide bonds. The number of hydrogen-bond donors (Lipinski definition) is 3. The van der Waals surface area contributed by atoms with E-state index < -0.39 is 27.2 Å². The minimum Gasteiger partial charge on any atom is -0.473 e. The van der Waals surface area contributed by atoms with Gasteiger partial charge in [0.15, 0.2) is 5.82 Å². The van der Waals surface area contributed by atoms with E-state index in [2.05, 4.69) is 4.98 Å². The lowest BCUT2D eigenvalue weighted by Gasteiger charge is -2.19. The van der Waals surface area contributed by atoms with Crippen molar-refractivity contribution in [3.05, 3.63) is 76.7 Å². The van der Waals surface area contributed by atoms with Gasteiger partial charge in [0.1, 0.15) is 5.75 Å². The third-order valence-electron chi connectivity index (χ3n) is 4.89. The van der Waals surface area contributed by atoms with Crippen LogP contribution in [0.25, 0.3) is 0 Å². The van der Waals surface area contributed by atoms with Crippen LogP contribution in [-0.2, 0) is 28.4 Å². The van der Waals surface area contributed by atoms with Crippen molar-refractivity contribution in [1.29, 1.82) is 0 Å². The molecule has 0 radical (unpaired) electrons. The van der Waals surface area contributed by atoms with Crippen molar-refractivity contribution < 1.29 is 22.5 Å². The predicted octanol–water partition coefficient (Wildman–Crippen LogP) is 2.21.